The van der Waals surface area contributed by atoms with E-state index in [4.69, 9.17) is 9.47 Å². The number of benzene rings is 1. The van der Waals surface area contributed by atoms with Gasteiger partial charge in [-0.2, -0.15) is 0 Å². The third-order valence-electron chi connectivity index (χ3n) is 7.72. The molecule has 1 aromatic rings. The van der Waals surface area contributed by atoms with E-state index in [0.29, 0.717) is 49.5 Å². The van der Waals surface area contributed by atoms with E-state index in [1.807, 2.05) is 4.90 Å². The molecule has 0 aliphatic carbocycles. The second-order valence-corrected chi connectivity index (χ2v) is 9.95. The Labute approximate surface area is 208 Å². The summed E-state index contributed by atoms with van der Waals surface area (Å²) in [6, 6.07) is 7.40. The predicted octanol–water partition coefficient (Wildman–Crippen LogP) is 2.96. The number of hydrogen-bond donors (Lipinski definition) is 0. The number of carbonyl (C=O) groups excluding carboxylic acids is 3. The van der Waals surface area contributed by atoms with Crippen molar-refractivity contribution in [2.45, 2.75) is 51.5 Å². The Bertz CT molecular complexity index is 887. The van der Waals surface area contributed by atoms with Crippen molar-refractivity contribution in [2.24, 2.45) is 11.8 Å². The van der Waals surface area contributed by atoms with Crippen molar-refractivity contribution in [3.05, 3.63) is 29.8 Å². The maximum absolute atomic E-state index is 13.6. The Balaban J connectivity index is 1.42. The molecule has 8 nitrogen and oxygen atoms in total. The summed E-state index contributed by atoms with van der Waals surface area (Å²) in [5.41, 5.74) is 1.15. The van der Waals surface area contributed by atoms with Crippen LogP contribution < -0.4 is 4.90 Å². The van der Waals surface area contributed by atoms with Crippen LogP contribution in [-0.4, -0.2) is 86.7 Å². The van der Waals surface area contributed by atoms with Gasteiger partial charge in [0.1, 0.15) is 0 Å². The highest BCUT2D eigenvalue weighted by Crippen LogP contribution is 2.32. The van der Waals surface area contributed by atoms with Crippen molar-refractivity contribution in [3.8, 4) is 0 Å². The Morgan fingerprint density at radius 3 is 2.60 bits per heavy atom. The van der Waals surface area contributed by atoms with Crippen LogP contribution in [0.3, 0.4) is 0 Å². The molecule has 35 heavy (non-hydrogen) atoms. The number of methoxy groups -OCH3 is 1. The minimum atomic E-state index is -0.382. The SMILES string of the molecule is CCOC(=O)c1ccc(N2C[C@@H](C(=O)N(CCOC)C[C@@H]3CCCN4CCCC[C@H]34)CC2=O)cc1. The van der Waals surface area contributed by atoms with Gasteiger partial charge in [0.2, 0.25) is 11.8 Å². The van der Waals surface area contributed by atoms with Crippen LogP contribution in [0.2, 0.25) is 0 Å². The van der Waals surface area contributed by atoms with Gasteiger partial charge in [-0.05, 0) is 75.9 Å². The molecule has 0 saturated carbocycles. The van der Waals surface area contributed by atoms with E-state index < -0.39 is 0 Å². The Kier molecular flexibility index (Phi) is 8.78. The third-order valence-corrected chi connectivity index (χ3v) is 7.72. The second kappa shape index (κ2) is 12.0. The highest BCUT2D eigenvalue weighted by Gasteiger charge is 2.39. The summed E-state index contributed by atoms with van der Waals surface area (Å²) in [6.45, 7) is 6.57. The first-order chi connectivity index (χ1) is 17.0. The number of amides is 2. The fraction of sp³-hybridized carbons (Fsp3) is 0.667. The molecule has 192 valence electrons. The molecule has 0 radical (unpaired) electrons. The molecule has 0 spiro atoms. The van der Waals surface area contributed by atoms with E-state index in [9.17, 15) is 14.4 Å². The molecule has 3 aliphatic heterocycles. The summed E-state index contributed by atoms with van der Waals surface area (Å²) in [5.74, 6) is -0.277. The molecule has 3 fully saturated rings. The summed E-state index contributed by atoms with van der Waals surface area (Å²) in [7, 11) is 1.66. The molecule has 0 bridgehead atoms. The lowest BCUT2D eigenvalue weighted by molar-refractivity contribution is -0.137. The molecule has 3 aliphatic rings. The largest absolute Gasteiger partial charge is 0.462 e. The zero-order chi connectivity index (χ0) is 24.8. The first-order valence-corrected chi connectivity index (χ1v) is 13.1. The van der Waals surface area contributed by atoms with E-state index in [2.05, 4.69) is 4.90 Å². The van der Waals surface area contributed by atoms with Gasteiger partial charge in [0.15, 0.2) is 0 Å². The molecular weight excluding hydrogens is 446 g/mol. The molecule has 3 atom stereocenters. The lowest BCUT2D eigenvalue weighted by Gasteiger charge is -2.46. The van der Waals surface area contributed by atoms with E-state index in [0.717, 1.165) is 13.0 Å². The van der Waals surface area contributed by atoms with E-state index >= 15 is 0 Å². The maximum Gasteiger partial charge on any atom is 0.338 e. The van der Waals surface area contributed by atoms with Crippen LogP contribution in [0.4, 0.5) is 5.69 Å². The van der Waals surface area contributed by atoms with Crippen molar-refractivity contribution in [3.63, 3.8) is 0 Å². The third kappa shape index (κ3) is 6.04. The summed E-state index contributed by atoms with van der Waals surface area (Å²) >= 11 is 0. The molecule has 3 saturated heterocycles. The number of anilines is 1. The Morgan fingerprint density at radius 2 is 1.86 bits per heavy atom. The number of fused-ring (bicyclic) bond motifs is 1. The lowest BCUT2D eigenvalue weighted by Crippen LogP contribution is -2.52. The van der Waals surface area contributed by atoms with E-state index in [1.165, 1.54) is 38.8 Å². The van der Waals surface area contributed by atoms with Crippen LogP contribution in [0.1, 0.15) is 55.8 Å². The summed E-state index contributed by atoms with van der Waals surface area (Å²) < 4.78 is 10.4. The first kappa shape index (κ1) is 25.6. The lowest BCUT2D eigenvalue weighted by atomic mass is 9.83. The van der Waals surface area contributed by atoms with Crippen molar-refractivity contribution < 1.29 is 23.9 Å². The number of carbonyl (C=O) groups is 3. The van der Waals surface area contributed by atoms with Crippen molar-refractivity contribution in [1.82, 2.24) is 9.80 Å². The quantitative estimate of drug-likeness (QED) is 0.501. The molecule has 2 amide bonds. The number of hydrogen-bond acceptors (Lipinski definition) is 6. The Hall–Kier alpha value is -2.45. The average Bonchev–Trinajstić information content (AvgIpc) is 3.28. The second-order valence-electron chi connectivity index (χ2n) is 9.95. The molecule has 3 heterocycles. The monoisotopic (exact) mass is 485 g/mol. The van der Waals surface area contributed by atoms with Crippen molar-refractivity contribution >= 4 is 23.5 Å². The van der Waals surface area contributed by atoms with Gasteiger partial charge in [0.05, 0.1) is 24.7 Å². The standard InChI is InChI=1S/C27H39N3O5/c1-3-35-27(33)20-9-11-23(12-10-20)30-19-22(17-25(30)31)26(32)29(15-16-34-2)18-21-7-6-14-28-13-5-4-8-24(21)28/h9-12,21-22,24H,3-8,13-19H2,1-2H3/t21-,22-,24+/m0/s1. The highest BCUT2D eigenvalue weighted by molar-refractivity contribution is 6.00. The number of nitrogens with zero attached hydrogens (tertiary/aromatic N) is 3. The van der Waals surface area contributed by atoms with Crippen LogP contribution in [-0.2, 0) is 19.1 Å². The number of piperidine rings is 2. The summed E-state index contributed by atoms with van der Waals surface area (Å²) in [5, 5.41) is 0. The molecule has 1 aromatic carbocycles. The van der Waals surface area contributed by atoms with E-state index in [-0.39, 0.29) is 30.1 Å². The van der Waals surface area contributed by atoms with Crippen LogP contribution in [0.25, 0.3) is 0 Å². The molecular formula is C27H39N3O5. The van der Waals surface area contributed by atoms with Gasteiger partial charge in [0, 0.05) is 44.9 Å². The first-order valence-electron chi connectivity index (χ1n) is 13.1. The zero-order valence-electron chi connectivity index (χ0n) is 21.1. The molecule has 8 heteroatoms. The van der Waals surface area contributed by atoms with Crippen LogP contribution in [0, 0.1) is 11.8 Å². The summed E-state index contributed by atoms with van der Waals surface area (Å²) in [4.78, 5) is 44.7. The summed E-state index contributed by atoms with van der Waals surface area (Å²) in [6.07, 6.45) is 6.31. The van der Waals surface area contributed by atoms with Crippen molar-refractivity contribution in [1.29, 1.82) is 0 Å². The zero-order valence-corrected chi connectivity index (χ0v) is 21.1. The molecule has 0 unspecified atom stereocenters. The minimum absolute atomic E-state index is 0.0500. The maximum atomic E-state index is 13.6. The van der Waals surface area contributed by atoms with Gasteiger partial charge < -0.3 is 24.2 Å². The fourth-order valence-electron chi connectivity index (χ4n) is 5.94. The smallest absolute Gasteiger partial charge is 0.338 e. The van der Waals surface area contributed by atoms with E-state index in [1.54, 1.807) is 43.2 Å². The fourth-order valence-corrected chi connectivity index (χ4v) is 5.94. The topological polar surface area (TPSA) is 79.4 Å². The van der Waals surface area contributed by atoms with Crippen LogP contribution in [0.5, 0.6) is 0 Å². The average molecular weight is 486 g/mol. The van der Waals surface area contributed by atoms with Crippen molar-refractivity contribution in [2.75, 3.05) is 57.9 Å². The normalized spacial score (nSPS) is 24.8. The van der Waals surface area contributed by atoms with Gasteiger partial charge in [-0.3, -0.25) is 9.59 Å². The number of esters is 1. The van der Waals surface area contributed by atoms with Crippen LogP contribution >= 0.6 is 0 Å². The van der Waals surface area contributed by atoms with Gasteiger partial charge in [-0.15, -0.1) is 0 Å². The number of rotatable bonds is 9. The molecule has 4 rings (SSSR count). The predicted molar refractivity (Wildman–Crippen MR) is 133 cm³/mol. The van der Waals surface area contributed by atoms with Crippen LogP contribution in [0.15, 0.2) is 24.3 Å². The molecule has 0 aromatic heterocycles. The minimum Gasteiger partial charge on any atom is -0.462 e. The highest BCUT2D eigenvalue weighted by atomic mass is 16.5. The number of ether oxygens (including phenoxy) is 2. The van der Waals surface area contributed by atoms with Gasteiger partial charge >= 0.3 is 5.97 Å². The molecule has 0 N–H and O–H groups in total. The van der Waals surface area contributed by atoms with Gasteiger partial charge in [-0.25, -0.2) is 4.79 Å². The van der Waals surface area contributed by atoms with Gasteiger partial charge in [0.25, 0.3) is 0 Å². The Morgan fingerprint density at radius 1 is 1.09 bits per heavy atom. The van der Waals surface area contributed by atoms with Gasteiger partial charge in [-0.1, -0.05) is 6.42 Å².